The maximum absolute atomic E-state index is 11.9. The Balaban J connectivity index is 1.95. The third-order valence-electron chi connectivity index (χ3n) is 2.98. The van der Waals surface area contributed by atoms with E-state index in [-0.39, 0.29) is 19.0 Å². The summed E-state index contributed by atoms with van der Waals surface area (Å²) in [4.78, 5) is 27.1. The second-order valence-corrected chi connectivity index (χ2v) is 4.65. The Morgan fingerprint density at radius 3 is 3.09 bits per heavy atom. The van der Waals surface area contributed by atoms with Crippen molar-refractivity contribution in [2.45, 2.75) is 32.3 Å². The Bertz CT molecular complexity index is 561. The van der Waals surface area contributed by atoms with Gasteiger partial charge in [0.05, 0.1) is 19.8 Å². The quantitative estimate of drug-likeness (QED) is 0.733. The number of hydrogen-bond donors (Lipinski definition) is 2. The highest BCUT2D eigenvalue weighted by Crippen LogP contribution is 2.19. The average molecular weight is 313 g/mol. The second kappa shape index (κ2) is 7.87. The molecular formula is C13H19N3O6. The van der Waals surface area contributed by atoms with Crippen LogP contribution in [0.3, 0.4) is 0 Å². The molecule has 0 radical (unpaired) electrons. The predicted molar refractivity (Wildman–Crippen MR) is 75.3 cm³/mol. The largest absolute Gasteiger partial charge is 0.449 e. The number of carbonyl (C=O) groups is 1. The van der Waals surface area contributed by atoms with E-state index in [9.17, 15) is 9.59 Å². The van der Waals surface area contributed by atoms with Gasteiger partial charge in [0.15, 0.2) is 12.5 Å². The van der Waals surface area contributed by atoms with Gasteiger partial charge in [0, 0.05) is 6.20 Å². The number of aliphatic hydroxyl groups is 1. The number of anilines is 1. The van der Waals surface area contributed by atoms with Crippen molar-refractivity contribution in [1.82, 2.24) is 9.55 Å². The molecule has 1 aromatic rings. The predicted octanol–water partition coefficient (Wildman–Crippen LogP) is 0.456. The lowest BCUT2D eigenvalue weighted by Gasteiger charge is -2.12. The number of nitrogens with one attached hydrogen (secondary N) is 1. The number of unbranched alkanes of at least 4 members (excludes halogenated alkanes) is 1. The first-order chi connectivity index (χ1) is 10.6. The molecule has 0 aliphatic carbocycles. The van der Waals surface area contributed by atoms with Crippen LogP contribution >= 0.6 is 0 Å². The van der Waals surface area contributed by atoms with E-state index >= 15 is 0 Å². The van der Waals surface area contributed by atoms with Crippen molar-refractivity contribution in [2.24, 2.45) is 0 Å². The Kier molecular flexibility index (Phi) is 5.87. The van der Waals surface area contributed by atoms with Crippen molar-refractivity contribution >= 4 is 11.9 Å². The van der Waals surface area contributed by atoms with Gasteiger partial charge in [-0.15, -0.1) is 0 Å². The minimum absolute atomic E-state index is 0.0976. The number of aliphatic hydroxyl groups excluding tert-OH is 1. The highest BCUT2D eigenvalue weighted by Gasteiger charge is 2.27. The van der Waals surface area contributed by atoms with Gasteiger partial charge >= 0.3 is 11.8 Å². The van der Waals surface area contributed by atoms with Crippen LogP contribution in [0.25, 0.3) is 0 Å². The van der Waals surface area contributed by atoms with E-state index in [4.69, 9.17) is 19.3 Å². The first kappa shape index (κ1) is 16.4. The Labute approximate surface area is 126 Å². The lowest BCUT2D eigenvalue weighted by atomic mass is 10.4. The molecule has 1 aliphatic rings. The van der Waals surface area contributed by atoms with Crippen molar-refractivity contribution in [3.05, 3.63) is 22.7 Å². The maximum Gasteiger partial charge on any atom is 0.412 e. The van der Waals surface area contributed by atoms with Crippen molar-refractivity contribution in [3.63, 3.8) is 0 Å². The highest BCUT2D eigenvalue weighted by molar-refractivity contribution is 5.83. The van der Waals surface area contributed by atoms with Gasteiger partial charge in [-0.2, -0.15) is 4.98 Å². The van der Waals surface area contributed by atoms with E-state index in [1.165, 1.54) is 16.8 Å². The molecule has 22 heavy (non-hydrogen) atoms. The van der Waals surface area contributed by atoms with Gasteiger partial charge in [-0.3, -0.25) is 9.88 Å². The number of hydrogen-bond acceptors (Lipinski definition) is 7. The number of aromatic nitrogens is 2. The molecule has 0 unspecified atom stereocenters. The van der Waals surface area contributed by atoms with Crippen LogP contribution in [-0.2, 0) is 14.2 Å². The molecule has 122 valence electrons. The molecule has 2 N–H and O–H groups in total. The average Bonchev–Trinajstić information content (AvgIpc) is 2.96. The van der Waals surface area contributed by atoms with E-state index in [0.717, 1.165) is 12.8 Å². The van der Waals surface area contributed by atoms with E-state index in [1.54, 1.807) is 0 Å². The summed E-state index contributed by atoms with van der Waals surface area (Å²) in [6.45, 7) is 2.15. The summed E-state index contributed by atoms with van der Waals surface area (Å²) >= 11 is 0. The molecule has 1 amide bonds. The number of nitrogens with zero attached hydrogens (tertiary/aromatic N) is 2. The molecule has 2 atom stereocenters. The summed E-state index contributed by atoms with van der Waals surface area (Å²) in [6.07, 6.45) is 1.07. The van der Waals surface area contributed by atoms with Crippen molar-refractivity contribution in [2.75, 3.05) is 25.1 Å². The molecule has 2 heterocycles. The summed E-state index contributed by atoms with van der Waals surface area (Å²) in [5, 5.41) is 11.3. The van der Waals surface area contributed by atoms with Gasteiger partial charge in [-0.1, -0.05) is 13.3 Å². The van der Waals surface area contributed by atoms with Gasteiger partial charge in [-0.05, 0) is 12.5 Å². The minimum atomic E-state index is -0.747. The molecule has 1 aromatic heterocycles. The summed E-state index contributed by atoms with van der Waals surface area (Å²) in [5.41, 5.74) is -0.599. The first-order valence-electron chi connectivity index (χ1n) is 7.05. The summed E-state index contributed by atoms with van der Waals surface area (Å²) < 4.78 is 16.6. The van der Waals surface area contributed by atoms with Gasteiger partial charge in [0.25, 0.3) is 0 Å². The van der Waals surface area contributed by atoms with Crippen LogP contribution in [0.5, 0.6) is 0 Å². The highest BCUT2D eigenvalue weighted by atomic mass is 16.7. The Morgan fingerprint density at radius 2 is 2.45 bits per heavy atom. The Morgan fingerprint density at radius 1 is 1.64 bits per heavy atom. The van der Waals surface area contributed by atoms with Crippen molar-refractivity contribution < 1.29 is 24.1 Å². The molecule has 2 rings (SSSR count). The zero-order chi connectivity index (χ0) is 15.9. The third kappa shape index (κ3) is 4.26. The molecule has 9 nitrogen and oxygen atoms in total. The van der Waals surface area contributed by atoms with Crippen LogP contribution in [0, 0.1) is 0 Å². The van der Waals surface area contributed by atoms with Gasteiger partial charge in [-0.25, -0.2) is 9.59 Å². The molecule has 0 aromatic carbocycles. The topological polar surface area (TPSA) is 112 Å². The second-order valence-electron chi connectivity index (χ2n) is 4.65. The monoisotopic (exact) mass is 313 g/mol. The Hall–Kier alpha value is -1.97. The zero-order valence-electron chi connectivity index (χ0n) is 12.2. The van der Waals surface area contributed by atoms with Gasteiger partial charge in [0.2, 0.25) is 0 Å². The number of rotatable bonds is 6. The van der Waals surface area contributed by atoms with E-state index < -0.39 is 24.3 Å². The SMILES string of the molecule is CCCCOC(=O)Nc1ccn([C@@H]2CO[C@H](CO)O2)c(=O)n1. The van der Waals surface area contributed by atoms with Crippen molar-refractivity contribution in [1.29, 1.82) is 0 Å². The van der Waals surface area contributed by atoms with Gasteiger partial charge in [0.1, 0.15) is 5.82 Å². The standard InChI is InChI=1S/C13H19N3O6/c1-2-3-6-20-13(19)15-9-4-5-16(12(18)14-9)10-8-21-11(7-17)22-10/h4-5,10-11,17H,2-3,6-8H2,1H3,(H,14,15,18,19)/t10-,11-/m0/s1. The van der Waals surface area contributed by atoms with Crippen LogP contribution < -0.4 is 11.0 Å². The molecule has 9 heteroatoms. The lowest BCUT2D eigenvalue weighted by Crippen LogP contribution is -2.29. The third-order valence-corrected chi connectivity index (χ3v) is 2.98. The molecule has 1 saturated heterocycles. The van der Waals surface area contributed by atoms with Crippen LogP contribution in [-0.4, -0.2) is 46.9 Å². The fourth-order valence-electron chi connectivity index (χ4n) is 1.84. The number of ether oxygens (including phenoxy) is 3. The summed E-state index contributed by atoms with van der Waals surface area (Å²) in [6, 6.07) is 1.46. The first-order valence-corrected chi connectivity index (χ1v) is 7.05. The summed E-state index contributed by atoms with van der Waals surface area (Å²) in [7, 11) is 0. The maximum atomic E-state index is 11.9. The lowest BCUT2D eigenvalue weighted by molar-refractivity contribution is -0.0992. The molecule has 0 saturated carbocycles. The molecule has 0 spiro atoms. The normalized spacial score (nSPS) is 20.8. The smallest absolute Gasteiger partial charge is 0.412 e. The molecule has 1 aliphatic heterocycles. The van der Waals surface area contributed by atoms with E-state index in [0.29, 0.717) is 6.61 Å². The molecule has 0 bridgehead atoms. The number of amides is 1. The molecule has 1 fully saturated rings. The van der Waals surface area contributed by atoms with Crippen molar-refractivity contribution in [3.8, 4) is 0 Å². The fourth-order valence-corrected chi connectivity index (χ4v) is 1.84. The fraction of sp³-hybridized carbons (Fsp3) is 0.615. The summed E-state index contributed by atoms with van der Waals surface area (Å²) in [5.74, 6) is 0.0976. The molecular weight excluding hydrogens is 294 g/mol. The van der Waals surface area contributed by atoms with E-state index in [2.05, 4.69) is 10.3 Å². The van der Waals surface area contributed by atoms with Crippen LogP contribution in [0.4, 0.5) is 10.6 Å². The minimum Gasteiger partial charge on any atom is -0.449 e. The zero-order valence-corrected chi connectivity index (χ0v) is 12.2. The van der Waals surface area contributed by atoms with Crippen LogP contribution in [0.2, 0.25) is 0 Å². The number of carbonyl (C=O) groups excluding carboxylic acids is 1. The van der Waals surface area contributed by atoms with Crippen LogP contribution in [0.15, 0.2) is 17.1 Å². The van der Waals surface area contributed by atoms with E-state index in [1.807, 2.05) is 6.92 Å². The van der Waals surface area contributed by atoms with Gasteiger partial charge < -0.3 is 19.3 Å². The van der Waals surface area contributed by atoms with Crippen LogP contribution in [0.1, 0.15) is 26.0 Å².